The van der Waals surface area contributed by atoms with Gasteiger partial charge < -0.3 is 10.5 Å². The molecule has 7 heteroatoms. The second-order valence-electron chi connectivity index (χ2n) is 5.35. The molecule has 0 amide bonds. The summed E-state index contributed by atoms with van der Waals surface area (Å²) >= 11 is 0. The van der Waals surface area contributed by atoms with Crippen molar-refractivity contribution in [2.24, 2.45) is 5.92 Å². The van der Waals surface area contributed by atoms with Crippen molar-refractivity contribution in [2.45, 2.75) is 38.1 Å². The molecule has 21 heavy (non-hydrogen) atoms. The number of aryl methyl sites for hydroxylation is 1. The molecular formula is C14H22N2O4S. The zero-order valence-corrected chi connectivity index (χ0v) is 13.5. The molecule has 0 fully saturated rings. The molecule has 1 rings (SSSR count). The van der Waals surface area contributed by atoms with Crippen molar-refractivity contribution in [3.8, 4) is 0 Å². The fourth-order valence-electron chi connectivity index (χ4n) is 2.03. The van der Waals surface area contributed by atoms with Crippen LogP contribution in [0.4, 0.5) is 5.69 Å². The van der Waals surface area contributed by atoms with Crippen LogP contribution >= 0.6 is 0 Å². The van der Waals surface area contributed by atoms with Crippen molar-refractivity contribution >= 4 is 21.7 Å². The molecule has 118 valence electrons. The maximum absolute atomic E-state index is 12.4. The number of rotatable bonds is 6. The van der Waals surface area contributed by atoms with E-state index in [9.17, 15) is 13.2 Å². The van der Waals surface area contributed by atoms with Crippen LogP contribution < -0.4 is 10.5 Å². The van der Waals surface area contributed by atoms with E-state index in [0.29, 0.717) is 17.7 Å². The van der Waals surface area contributed by atoms with E-state index in [2.05, 4.69) is 9.46 Å². The van der Waals surface area contributed by atoms with E-state index in [-0.39, 0.29) is 10.8 Å². The molecule has 0 aliphatic carbocycles. The van der Waals surface area contributed by atoms with Crippen LogP contribution in [0.3, 0.4) is 0 Å². The first kappa shape index (κ1) is 17.5. The van der Waals surface area contributed by atoms with Crippen LogP contribution in [0.15, 0.2) is 23.1 Å². The summed E-state index contributed by atoms with van der Waals surface area (Å²) in [5.74, 6) is -0.454. The minimum atomic E-state index is -3.81. The Morgan fingerprint density at radius 2 is 2.00 bits per heavy atom. The number of carbonyl (C=O) groups is 1. The first-order valence-corrected chi connectivity index (χ1v) is 8.12. The predicted octanol–water partition coefficient (Wildman–Crippen LogP) is 1.44. The monoisotopic (exact) mass is 314 g/mol. The van der Waals surface area contributed by atoms with Crippen LogP contribution in [0.1, 0.15) is 25.8 Å². The molecule has 1 atom stereocenters. The van der Waals surface area contributed by atoms with Crippen molar-refractivity contribution in [3.05, 3.63) is 23.8 Å². The minimum absolute atomic E-state index is 0.106. The second-order valence-corrected chi connectivity index (χ2v) is 7.03. The number of nitrogens with one attached hydrogen (secondary N) is 1. The van der Waals surface area contributed by atoms with E-state index in [0.717, 1.165) is 0 Å². The number of carbonyl (C=O) groups excluding carboxylic acids is 1. The van der Waals surface area contributed by atoms with Gasteiger partial charge in [0, 0.05) is 5.69 Å². The van der Waals surface area contributed by atoms with Crippen LogP contribution in [-0.2, 0) is 19.6 Å². The fraction of sp³-hybridized carbons (Fsp3) is 0.500. The molecular weight excluding hydrogens is 292 g/mol. The molecule has 0 heterocycles. The zero-order chi connectivity index (χ0) is 16.2. The van der Waals surface area contributed by atoms with Crippen LogP contribution in [0.25, 0.3) is 0 Å². The molecule has 0 aliphatic heterocycles. The molecule has 0 spiro atoms. The zero-order valence-electron chi connectivity index (χ0n) is 12.7. The van der Waals surface area contributed by atoms with Gasteiger partial charge in [0.15, 0.2) is 0 Å². The maximum atomic E-state index is 12.4. The highest BCUT2D eigenvalue weighted by molar-refractivity contribution is 7.89. The number of nitrogens with two attached hydrogens (primary N) is 1. The van der Waals surface area contributed by atoms with Gasteiger partial charge in [-0.2, -0.15) is 4.72 Å². The summed E-state index contributed by atoms with van der Waals surface area (Å²) in [6.45, 7) is 5.46. The molecule has 1 unspecified atom stereocenters. The van der Waals surface area contributed by atoms with Gasteiger partial charge in [0.05, 0.1) is 12.0 Å². The number of benzene rings is 1. The smallest absolute Gasteiger partial charge is 0.323 e. The lowest BCUT2D eigenvalue weighted by atomic mass is 10.1. The third-order valence-corrected chi connectivity index (χ3v) is 4.61. The van der Waals surface area contributed by atoms with Crippen molar-refractivity contribution in [1.29, 1.82) is 0 Å². The van der Waals surface area contributed by atoms with Gasteiger partial charge in [-0.1, -0.05) is 13.8 Å². The highest BCUT2D eigenvalue weighted by Gasteiger charge is 2.28. The van der Waals surface area contributed by atoms with Gasteiger partial charge in [-0.25, -0.2) is 8.42 Å². The van der Waals surface area contributed by atoms with E-state index >= 15 is 0 Å². The number of anilines is 1. The van der Waals surface area contributed by atoms with Gasteiger partial charge in [-0.15, -0.1) is 0 Å². The maximum Gasteiger partial charge on any atom is 0.323 e. The van der Waals surface area contributed by atoms with Crippen molar-refractivity contribution in [1.82, 2.24) is 4.72 Å². The topological polar surface area (TPSA) is 98.5 Å². The summed E-state index contributed by atoms with van der Waals surface area (Å²) in [5.41, 5.74) is 6.63. The Morgan fingerprint density at radius 3 is 2.48 bits per heavy atom. The van der Waals surface area contributed by atoms with Gasteiger partial charge in [-0.05, 0) is 43.0 Å². The molecule has 0 aromatic heterocycles. The molecule has 3 N–H and O–H groups in total. The lowest BCUT2D eigenvalue weighted by molar-refractivity contribution is -0.143. The average Bonchev–Trinajstić information content (AvgIpc) is 2.35. The van der Waals surface area contributed by atoms with Crippen LogP contribution in [-0.4, -0.2) is 27.5 Å². The Hall–Kier alpha value is -1.60. The first-order valence-electron chi connectivity index (χ1n) is 6.63. The van der Waals surface area contributed by atoms with E-state index in [1.165, 1.54) is 19.2 Å². The van der Waals surface area contributed by atoms with Gasteiger partial charge in [0.25, 0.3) is 0 Å². The van der Waals surface area contributed by atoms with Crippen molar-refractivity contribution in [2.75, 3.05) is 12.8 Å². The number of hydrogen-bond donors (Lipinski definition) is 2. The molecule has 6 nitrogen and oxygen atoms in total. The normalized spacial score (nSPS) is 13.2. The standard InChI is InChI=1S/C14H22N2O4S/c1-9(2)7-12(14(17)20-4)16-21(18,19)13-6-5-11(15)8-10(13)3/h5-6,8-9,12,16H,7,15H2,1-4H3. The summed E-state index contributed by atoms with van der Waals surface area (Å²) in [5, 5.41) is 0. The van der Waals surface area contributed by atoms with E-state index < -0.39 is 22.0 Å². The lowest BCUT2D eigenvalue weighted by Crippen LogP contribution is -2.42. The third kappa shape index (κ3) is 4.71. The summed E-state index contributed by atoms with van der Waals surface area (Å²) in [4.78, 5) is 11.8. The Kier molecular flexibility index (Phi) is 5.74. The molecule has 1 aromatic carbocycles. The largest absolute Gasteiger partial charge is 0.468 e. The lowest BCUT2D eigenvalue weighted by Gasteiger charge is -2.19. The van der Waals surface area contributed by atoms with Crippen molar-refractivity contribution in [3.63, 3.8) is 0 Å². The number of sulfonamides is 1. The summed E-state index contributed by atoms with van der Waals surface area (Å²) in [6, 6.07) is 3.61. The Bertz CT molecular complexity index is 611. The Labute approximate surface area is 125 Å². The molecule has 0 bridgehead atoms. The van der Waals surface area contributed by atoms with Gasteiger partial charge in [0.2, 0.25) is 10.0 Å². The molecule has 0 saturated carbocycles. The quantitative estimate of drug-likeness (QED) is 0.611. The van der Waals surface area contributed by atoms with E-state index in [4.69, 9.17) is 5.73 Å². The van der Waals surface area contributed by atoms with Gasteiger partial charge in [0.1, 0.15) is 6.04 Å². The average molecular weight is 314 g/mol. The Morgan fingerprint density at radius 1 is 1.38 bits per heavy atom. The number of hydrogen-bond acceptors (Lipinski definition) is 5. The molecule has 0 saturated heterocycles. The highest BCUT2D eigenvalue weighted by atomic mass is 32.2. The predicted molar refractivity (Wildman–Crippen MR) is 81.2 cm³/mol. The number of nitrogen functional groups attached to an aromatic ring is 1. The van der Waals surface area contributed by atoms with Crippen molar-refractivity contribution < 1.29 is 17.9 Å². The summed E-state index contributed by atoms with van der Waals surface area (Å²) in [6.07, 6.45) is 0.361. The van der Waals surface area contributed by atoms with E-state index in [1.54, 1.807) is 13.0 Å². The fourth-order valence-corrected chi connectivity index (χ4v) is 3.45. The molecule has 0 radical (unpaired) electrons. The number of ether oxygens (including phenoxy) is 1. The number of esters is 1. The van der Waals surface area contributed by atoms with E-state index in [1.807, 2.05) is 13.8 Å². The van der Waals surface area contributed by atoms with Crippen LogP contribution in [0, 0.1) is 12.8 Å². The molecule has 1 aromatic rings. The first-order chi connectivity index (χ1) is 9.67. The summed E-state index contributed by atoms with van der Waals surface area (Å²) in [7, 11) is -2.58. The SMILES string of the molecule is COC(=O)C(CC(C)C)NS(=O)(=O)c1ccc(N)cc1C. The Balaban J connectivity index is 3.08. The second kappa shape index (κ2) is 6.91. The minimum Gasteiger partial charge on any atom is -0.468 e. The third-order valence-electron chi connectivity index (χ3n) is 2.98. The van der Waals surface area contributed by atoms with Crippen LogP contribution in [0.5, 0.6) is 0 Å². The molecule has 0 aliphatic rings. The van der Waals surface area contributed by atoms with Gasteiger partial charge >= 0.3 is 5.97 Å². The van der Waals surface area contributed by atoms with Crippen LogP contribution in [0.2, 0.25) is 0 Å². The highest BCUT2D eigenvalue weighted by Crippen LogP contribution is 2.19. The van der Waals surface area contributed by atoms with Gasteiger partial charge in [-0.3, -0.25) is 4.79 Å². The number of methoxy groups -OCH3 is 1. The summed E-state index contributed by atoms with van der Waals surface area (Å²) < 4.78 is 31.9.